The molecule has 0 saturated carbocycles. The van der Waals surface area contributed by atoms with E-state index in [2.05, 4.69) is 10.1 Å². The SMILES string of the molecule is COC(=O)[C@@H](C=O)NC(=O)OC(C)(C)C. The fraction of sp³-hybridized carbons (Fsp3) is 0.667. The van der Waals surface area contributed by atoms with Crippen LogP contribution in [0.15, 0.2) is 0 Å². The zero-order valence-electron chi connectivity index (χ0n) is 9.20. The lowest BCUT2D eigenvalue weighted by Crippen LogP contribution is -2.44. The van der Waals surface area contributed by atoms with Gasteiger partial charge in [-0.3, -0.25) is 0 Å². The molecular weight excluding hydrogens is 202 g/mol. The summed E-state index contributed by atoms with van der Waals surface area (Å²) in [6.45, 7) is 5.00. The highest BCUT2D eigenvalue weighted by atomic mass is 16.6. The Morgan fingerprint density at radius 2 is 1.87 bits per heavy atom. The summed E-state index contributed by atoms with van der Waals surface area (Å²) in [5.41, 5.74) is -0.687. The molecule has 1 N–H and O–H groups in total. The van der Waals surface area contributed by atoms with Gasteiger partial charge in [0.25, 0.3) is 0 Å². The van der Waals surface area contributed by atoms with Crippen LogP contribution in [-0.4, -0.2) is 37.1 Å². The number of ether oxygens (including phenoxy) is 2. The molecule has 0 aliphatic rings. The summed E-state index contributed by atoms with van der Waals surface area (Å²) in [6, 6.07) is -1.33. The summed E-state index contributed by atoms with van der Waals surface area (Å²) in [4.78, 5) is 32.5. The van der Waals surface area contributed by atoms with Gasteiger partial charge in [-0.05, 0) is 20.8 Å². The van der Waals surface area contributed by atoms with E-state index < -0.39 is 23.7 Å². The second kappa shape index (κ2) is 5.33. The molecule has 0 radical (unpaired) electrons. The summed E-state index contributed by atoms with van der Waals surface area (Å²) in [6.07, 6.45) is -0.569. The molecule has 0 heterocycles. The predicted octanol–water partition coefficient (Wildman–Crippen LogP) is 0.252. The molecule has 0 aromatic rings. The van der Waals surface area contributed by atoms with Gasteiger partial charge in [-0.25, -0.2) is 9.59 Å². The lowest BCUT2D eigenvalue weighted by Gasteiger charge is -2.20. The maximum atomic E-state index is 11.1. The molecule has 0 spiro atoms. The van der Waals surface area contributed by atoms with Crippen LogP contribution in [-0.2, 0) is 19.1 Å². The Morgan fingerprint density at radius 3 is 2.20 bits per heavy atom. The normalized spacial score (nSPS) is 12.5. The summed E-state index contributed by atoms with van der Waals surface area (Å²) >= 11 is 0. The van der Waals surface area contributed by atoms with Crippen LogP contribution in [0.4, 0.5) is 4.79 Å². The van der Waals surface area contributed by atoms with E-state index in [4.69, 9.17) is 4.74 Å². The zero-order chi connectivity index (χ0) is 12.1. The Labute approximate surface area is 87.9 Å². The summed E-state index contributed by atoms with van der Waals surface area (Å²) < 4.78 is 9.14. The van der Waals surface area contributed by atoms with Crippen molar-refractivity contribution in [2.24, 2.45) is 0 Å². The summed E-state index contributed by atoms with van der Waals surface area (Å²) in [5, 5.41) is 2.07. The van der Waals surface area contributed by atoms with Crippen molar-refractivity contribution in [3.63, 3.8) is 0 Å². The Bertz CT molecular complexity index is 256. The molecular formula is C9H15NO5. The first-order valence-corrected chi connectivity index (χ1v) is 4.33. The number of aldehydes is 1. The average Bonchev–Trinajstić information content (AvgIpc) is 2.10. The smallest absolute Gasteiger partial charge is 0.408 e. The van der Waals surface area contributed by atoms with E-state index in [1.807, 2.05) is 0 Å². The first-order valence-electron chi connectivity index (χ1n) is 4.33. The van der Waals surface area contributed by atoms with Crippen molar-refractivity contribution in [1.29, 1.82) is 0 Å². The summed E-state index contributed by atoms with van der Waals surface area (Å²) in [7, 11) is 1.12. The number of amides is 1. The average molecular weight is 217 g/mol. The lowest BCUT2D eigenvalue weighted by molar-refractivity contribution is -0.144. The highest BCUT2D eigenvalue weighted by Crippen LogP contribution is 2.06. The van der Waals surface area contributed by atoms with Gasteiger partial charge in [-0.2, -0.15) is 0 Å². The first-order chi connectivity index (χ1) is 6.80. The van der Waals surface area contributed by atoms with Gasteiger partial charge < -0.3 is 19.6 Å². The van der Waals surface area contributed by atoms with Gasteiger partial charge in [0.15, 0.2) is 12.3 Å². The fourth-order valence-corrected chi connectivity index (χ4v) is 0.710. The quantitative estimate of drug-likeness (QED) is 0.416. The number of nitrogens with one attached hydrogen (secondary N) is 1. The molecule has 0 fully saturated rings. The minimum Gasteiger partial charge on any atom is -0.467 e. The third-order valence-electron chi connectivity index (χ3n) is 1.26. The number of hydrogen-bond donors (Lipinski definition) is 1. The number of methoxy groups -OCH3 is 1. The molecule has 0 saturated heterocycles. The standard InChI is InChI=1S/C9H15NO5/c1-9(2,3)15-8(13)10-6(5-11)7(12)14-4/h5-6H,1-4H3,(H,10,13)/t6-/m1/s1. The van der Waals surface area contributed by atoms with Crippen molar-refractivity contribution in [3.8, 4) is 0 Å². The second-order valence-electron chi connectivity index (χ2n) is 3.78. The Hall–Kier alpha value is -1.59. The summed E-state index contributed by atoms with van der Waals surface area (Å²) in [5.74, 6) is -0.837. The van der Waals surface area contributed by atoms with E-state index in [1.54, 1.807) is 20.8 Å². The first kappa shape index (κ1) is 13.4. The van der Waals surface area contributed by atoms with Gasteiger partial charge in [-0.15, -0.1) is 0 Å². The van der Waals surface area contributed by atoms with Crippen molar-refractivity contribution in [3.05, 3.63) is 0 Å². The number of carbonyl (C=O) groups is 3. The Balaban J connectivity index is 4.26. The van der Waals surface area contributed by atoms with Crippen LogP contribution in [0.2, 0.25) is 0 Å². The van der Waals surface area contributed by atoms with Gasteiger partial charge in [0.05, 0.1) is 7.11 Å². The van der Waals surface area contributed by atoms with Crippen LogP contribution in [0.5, 0.6) is 0 Å². The van der Waals surface area contributed by atoms with Crippen LogP contribution in [0.1, 0.15) is 20.8 Å². The minimum atomic E-state index is -1.33. The molecule has 0 rings (SSSR count). The van der Waals surface area contributed by atoms with Gasteiger partial charge in [0, 0.05) is 0 Å². The van der Waals surface area contributed by atoms with E-state index >= 15 is 0 Å². The molecule has 0 aliphatic heterocycles. The molecule has 15 heavy (non-hydrogen) atoms. The van der Waals surface area contributed by atoms with E-state index in [0.717, 1.165) is 7.11 Å². The minimum absolute atomic E-state index is 0.274. The van der Waals surface area contributed by atoms with Crippen LogP contribution in [0.3, 0.4) is 0 Å². The van der Waals surface area contributed by atoms with Crippen LogP contribution in [0, 0.1) is 0 Å². The molecule has 0 unspecified atom stereocenters. The van der Waals surface area contributed by atoms with Gasteiger partial charge in [0.1, 0.15) is 5.60 Å². The van der Waals surface area contributed by atoms with Crippen molar-refractivity contribution >= 4 is 18.3 Å². The fourth-order valence-electron chi connectivity index (χ4n) is 0.710. The van der Waals surface area contributed by atoms with Crippen molar-refractivity contribution < 1.29 is 23.9 Å². The predicted molar refractivity (Wildman–Crippen MR) is 51.2 cm³/mol. The molecule has 1 atom stereocenters. The van der Waals surface area contributed by atoms with Crippen molar-refractivity contribution in [2.75, 3.05) is 7.11 Å². The third kappa shape index (κ3) is 5.66. The second-order valence-corrected chi connectivity index (χ2v) is 3.78. The zero-order valence-corrected chi connectivity index (χ0v) is 9.20. The Morgan fingerprint density at radius 1 is 1.33 bits per heavy atom. The molecule has 6 nitrogen and oxygen atoms in total. The number of hydrogen-bond acceptors (Lipinski definition) is 5. The number of alkyl carbamates (subject to hydrolysis) is 1. The van der Waals surface area contributed by atoms with Crippen molar-refractivity contribution in [1.82, 2.24) is 5.32 Å². The number of rotatable bonds is 3. The lowest BCUT2D eigenvalue weighted by atomic mass is 10.2. The van der Waals surface area contributed by atoms with Crippen LogP contribution in [0.25, 0.3) is 0 Å². The van der Waals surface area contributed by atoms with Crippen molar-refractivity contribution in [2.45, 2.75) is 32.4 Å². The maximum absolute atomic E-state index is 11.1. The van der Waals surface area contributed by atoms with E-state index in [1.165, 1.54) is 0 Å². The third-order valence-corrected chi connectivity index (χ3v) is 1.26. The van der Waals surface area contributed by atoms with Gasteiger partial charge in [-0.1, -0.05) is 0 Å². The monoisotopic (exact) mass is 217 g/mol. The van der Waals surface area contributed by atoms with Gasteiger partial charge >= 0.3 is 12.1 Å². The van der Waals surface area contributed by atoms with Crippen LogP contribution < -0.4 is 5.32 Å². The van der Waals surface area contributed by atoms with Gasteiger partial charge in [0.2, 0.25) is 0 Å². The van der Waals surface area contributed by atoms with Crippen LogP contribution >= 0.6 is 0 Å². The highest BCUT2D eigenvalue weighted by Gasteiger charge is 2.24. The molecule has 6 heteroatoms. The molecule has 0 bridgehead atoms. The molecule has 86 valence electrons. The molecule has 0 aliphatic carbocycles. The highest BCUT2D eigenvalue weighted by molar-refractivity contribution is 5.95. The Kier molecular flexibility index (Phi) is 4.77. The van der Waals surface area contributed by atoms with E-state index in [0.29, 0.717) is 0 Å². The molecule has 0 aromatic heterocycles. The molecule has 0 aromatic carbocycles. The van der Waals surface area contributed by atoms with E-state index in [9.17, 15) is 14.4 Å². The molecule has 1 amide bonds. The maximum Gasteiger partial charge on any atom is 0.408 e. The number of carbonyl (C=O) groups excluding carboxylic acids is 3. The number of esters is 1. The van der Waals surface area contributed by atoms with E-state index in [-0.39, 0.29) is 6.29 Å². The topological polar surface area (TPSA) is 81.7 Å². The largest absolute Gasteiger partial charge is 0.467 e.